The maximum absolute atomic E-state index is 5.95. The maximum Gasteiger partial charge on any atom is 0.0502 e. The molecule has 1 aromatic carbocycles. The average molecular weight is 223 g/mol. The van der Waals surface area contributed by atoms with Crippen molar-refractivity contribution in [2.75, 3.05) is 12.0 Å². The lowest BCUT2D eigenvalue weighted by atomic mass is 10.2. The molecule has 0 saturated heterocycles. The molecule has 3 heteroatoms. The summed E-state index contributed by atoms with van der Waals surface area (Å²) >= 11 is 3.65. The van der Waals surface area contributed by atoms with Crippen LogP contribution in [0, 0.1) is 0 Å². The Balaban J connectivity index is 2.74. The molecule has 1 heterocycles. The van der Waals surface area contributed by atoms with Crippen LogP contribution in [0.4, 0.5) is 5.69 Å². The van der Waals surface area contributed by atoms with Crippen molar-refractivity contribution in [3.05, 3.63) is 23.1 Å². The molecule has 0 fully saturated rings. The Bertz CT molecular complexity index is 460. The standard InChI is InChI=1S/C11H13NS2/c1-3-7-6-8-9(12)4-5-10(13-2)11(8)14-7/h4-6H,3,12H2,1-2H3. The van der Waals surface area contributed by atoms with E-state index in [4.69, 9.17) is 5.73 Å². The predicted molar refractivity (Wildman–Crippen MR) is 67.4 cm³/mol. The van der Waals surface area contributed by atoms with E-state index in [9.17, 15) is 0 Å². The van der Waals surface area contributed by atoms with Gasteiger partial charge in [-0.25, -0.2) is 0 Å². The van der Waals surface area contributed by atoms with Crippen LogP contribution in [0.15, 0.2) is 23.1 Å². The normalized spacial score (nSPS) is 11.0. The number of hydrogen-bond acceptors (Lipinski definition) is 3. The minimum Gasteiger partial charge on any atom is -0.398 e. The largest absolute Gasteiger partial charge is 0.398 e. The second-order valence-corrected chi connectivity index (χ2v) is 5.15. The van der Waals surface area contributed by atoms with Gasteiger partial charge in [0.25, 0.3) is 0 Å². The fourth-order valence-electron chi connectivity index (χ4n) is 1.51. The van der Waals surface area contributed by atoms with Crippen molar-refractivity contribution in [1.82, 2.24) is 0 Å². The van der Waals surface area contributed by atoms with Crippen molar-refractivity contribution < 1.29 is 0 Å². The van der Waals surface area contributed by atoms with E-state index in [1.54, 1.807) is 11.8 Å². The van der Waals surface area contributed by atoms with Gasteiger partial charge in [-0.15, -0.1) is 23.1 Å². The topological polar surface area (TPSA) is 26.0 Å². The van der Waals surface area contributed by atoms with E-state index >= 15 is 0 Å². The summed E-state index contributed by atoms with van der Waals surface area (Å²) in [5.74, 6) is 0. The lowest BCUT2D eigenvalue weighted by Gasteiger charge is -2.00. The lowest BCUT2D eigenvalue weighted by Crippen LogP contribution is -1.84. The van der Waals surface area contributed by atoms with Gasteiger partial charge in [-0.3, -0.25) is 0 Å². The first-order valence-electron chi connectivity index (χ1n) is 4.61. The molecule has 0 bridgehead atoms. The number of aryl methyl sites for hydroxylation is 1. The Hall–Kier alpha value is -0.670. The third-order valence-corrected chi connectivity index (χ3v) is 4.52. The summed E-state index contributed by atoms with van der Waals surface area (Å²) in [6, 6.07) is 6.33. The molecule has 2 rings (SSSR count). The first kappa shape index (κ1) is 9.87. The van der Waals surface area contributed by atoms with Gasteiger partial charge >= 0.3 is 0 Å². The summed E-state index contributed by atoms with van der Waals surface area (Å²) in [5.41, 5.74) is 6.84. The first-order chi connectivity index (χ1) is 6.76. The SMILES string of the molecule is CCc1cc2c(N)ccc(SC)c2s1. The third-order valence-electron chi connectivity index (χ3n) is 2.30. The molecular formula is C11H13NS2. The van der Waals surface area contributed by atoms with E-state index < -0.39 is 0 Å². The van der Waals surface area contributed by atoms with Crippen molar-refractivity contribution in [3.8, 4) is 0 Å². The van der Waals surface area contributed by atoms with Crippen molar-refractivity contribution in [1.29, 1.82) is 0 Å². The van der Waals surface area contributed by atoms with Crippen LogP contribution < -0.4 is 5.73 Å². The number of thioether (sulfide) groups is 1. The molecule has 0 aliphatic carbocycles. The van der Waals surface area contributed by atoms with Crippen molar-refractivity contribution in [2.45, 2.75) is 18.2 Å². The summed E-state index contributed by atoms with van der Waals surface area (Å²) in [7, 11) is 0. The zero-order valence-corrected chi connectivity index (χ0v) is 9.97. The molecule has 0 spiro atoms. The van der Waals surface area contributed by atoms with Crippen LogP contribution in [-0.4, -0.2) is 6.26 Å². The molecule has 0 aliphatic heterocycles. The number of anilines is 1. The van der Waals surface area contributed by atoms with Gasteiger partial charge in [0, 0.05) is 20.8 Å². The van der Waals surface area contributed by atoms with Crippen molar-refractivity contribution >= 4 is 38.9 Å². The van der Waals surface area contributed by atoms with Crippen LogP contribution in [0.2, 0.25) is 0 Å². The fraction of sp³-hybridized carbons (Fsp3) is 0.273. The number of thiophene rings is 1. The number of fused-ring (bicyclic) bond motifs is 1. The molecule has 1 nitrogen and oxygen atoms in total. The van der Waals surface area contributed by atoms with Crippen LogP contribution >= 0.6 is 23.1 Å². The fourth-order valence-corrected chi connectivity index (χ4v) is 3.42. The molecule has 2 N–H and O–H groups in total. The third kappa shape index (κ3) is 1.51. The number of hydrogen-bond donors (Lipinski definition) is 1. The van der Waals surface area contributed by atoms with Crippen LogP contribution in [0.5, 0.6) is 0 Å². The summed E-state index contributed by atoms with van der Waals surface area (Å²) in [6.45, 7) is 2.18. The molecule has 0 aliphatic rings. The second kappa shape index (κ2) is 3.83. The molecule has 74 valence electrons. The number of rotatable bonds is 2. The maximum atomic E-state index is 5.95. The number of nitrogen functional groups attached to an aromatic ring is 1. The van der Waals surface area contributed by atoms with Gasteiger partial charge in [-0.05, 0) is 30.9 Å². The van der Waals surface area contributed by atoms with E-state index in [0.29, 0.717) is 0 Å². The number of benzene rings is 1. The monoisotopic (exact) mass is 223 g/mol. The van der Waals surface area contributed by atoms with Gasteiger partial charge in [0.1, 0.15) is 0 Å². The van der Waals surface area contributed by atoms with Crippen molar-refractivity contribution in [3.63, 3.8) is 0 Å². The van der Waals surface area contributed by atoms with Crippen LogP contribution in [0.25, 0.3) is 10.1 Å². The van der Waals surface area contributed by atoms with E-state index in [1.165, 1.54) is 19.9 Å². The Labute approximate surface area is 92.3 Å². The highest BCUT2D eigenvalue weighted by atomic mass is 32.2. The molecule has 0 amide bonds. The summed E-state index contributed by atoms with van der Waals surface area (Å²) in [6.07, 6.45) is 3.20. The second-order valence-electron chi connectivity index (χ2n) is 3.17. The van der Waals surface area contributed by atoms with E-state index in [-0.39, 0.29) is 0 Å². The molecule has 0 unspecified atom stereocenters. The molecule has 0 radical (unpaired) electrons. The Morgan fingerprint density at radius 3 is 2.86 bits per heavy atom. The highest BCUT2D eigenvalue weighted by Gasteiger charge is 2.07. The van der Waals surface area contributed by atoms with E-state index in [1.807, 2.05) is 17.4 Å². The van der Waals surface area contributed by atoms with E-state index in [0.717, 1.165) is 12.1 Å². The predicted octanol–water partition coefficient (Wildman–Crippen LogP) is 3.77. The lowest BCUT2D eigenvalue weighted by molar-refractivity contribution is 1.19. The minimum absolute atomic E-state index is 0.897. The van der Waals surface area contributed by atoms with Crippen LogP contribution in [-0.2, 0) is 6.42 Å². The van der Waals surface area contributed by atoms with Gasteiger partial charge in [-0.1, -0.05) is 6.92 Å². The van der Waals surface area contributed by atoms with Crippen molar-refractivity contribution in [2.24, 2.45) is 0 Å². The van der Waals surface area contributed by atoms with Crippen LogP contribution in [0.3, 0.4) is 0 Å². The van der Waals surface area contributed by atoms with Gasteiger partial charge in [0.2, 0.25) is 0 Å². The zero-order chi connectivity index (χ0) is 10.1. The minimum atomic E-state index is 0.897. The average Bonchev–Trinajstić information content (AvgIpc) is 2.63. The Morgan fingerprint density at radius 1 is 1.43 bits per heavy atom. The molecule has 0 atom stereocenters. The van der Waals surface area contributed by atoms with E-state index in [2.05, 4.69) is 25.3 Å². The number of nitrogens with two attached hydrogens (primary N) is 1. The molecule has 0 saturated carbocycles. The van der Waals surface area contributed by atoms with Gasteiger partial charge in [0.15, 0.2) is 0 Å². The first-order valence-corrected chi connectivity index (χ1v) is 6.65. The smallest absolute Gasteiger partial charge is 0.0502 e. The summed E-state index contributed by atoms with van der Waals surface area (Å²) < 4.78 is 1.34. The summed E-state index contributed by atoms with van der Waals surface area (Å²) in [4.78, 5) is 2.74. The molecule has 2 aromatic rings. The quantitative estimate of drug-likeness (QED) is 0.619. The van der Waals surface area contributed by atoms with Crippen LogP contribution in [0.1, 0.15) is 11.8 Å². The highest BCUT2D eigenvalue weighted by molar-refractivity contribution is 7.99. The van der Waals surface area contributed by atoms with Gasteiger partial charge < -0.3 is 5.73 Å². The Morgan fingerprint density at radius 2 is 2.21 bits per heavy atom. The molecule has 14 heavy (non-hydrogen) atoms. The molecule has 1 aromatic heterocycles. The highest BCUT2D eigenvalue weighted by Crippen LogP contribution is 2.36. The zero-order valence-electron chi connectivity index (χ0n) is 8.33. The Kier molecular flexibility index (Phi) is 2.70. The van der Waals surface area contributed by atoms with Gasteiger partial charge in [-0.2, -0.15) is 0 Å². The molecular weight excluding hydrogens is 210 g/mol. The van der Waals surface area contributed by atoms with Gasteiger partial charge in [0.05, 0.1) is 4.70 Å². The summed E-state index contributed by atoms with van der Waals surface area (Å²) in [5, 5.41) is 1.22.